The van der Waals surface area contributed by atoms with Crippen LogP contribution in [-0.4, -0.2) is 130 Å². The maximum atomic E-state index is 16.9. The molecule has 19 heteroatoms. The van der Waals surface area contributed by atoms with Crippen molar-refractivity contribution < 1.29 is 51.6 Å². The van der Waals surface area contributed by atoms with Crippen LogP contribution in [-0.2, 0) is 25.5 Å². The lowest BCUT2D eigenvalue weighted by molar-refractivity contribution is -0.123. The number of nitrogens with zero attached hydrogens (tertiary/aromatic N) is 6. The van der Waals surface area contributed by atoms with Crippen molar-refractivity contribution in [3.63, 3.8) is 0 Å². The molecule has 3 aromatic heterocycles. The van der Waals surface area contributed by atoms with Crippen LogP contribution in [0.1, 0.15) is 31.2 Å². The number of benzene rings is 1. The number of anilines is 1. The number of carbonyl (C=O) groups is 2. The molecule has 0 amide bonds. The minimum atomic E-state index is -3.18. The number of H-pyrrole nitrogens is 1. The third-order valence-electron chi connectivity index (χ3n) is 9.71. The molecule has 5 aliphatic rings. The second-order valence-corrected chi connectivity index (χ2v) is 13.3. The molecule has 0 radical (unpaired) electrons. The fourth-order valence-electron chi connectivity index (χ4n) is 7.50. The van der Waals surface area contributed by atoms with Gasteiger partial charge in [-0.25, -0.2) is 17.6 Å². The third kappa shape index (κ3) is 7.55. The van der Waals surface area contributed by atoms with Crippen LogP contribution in [0.15, 0.2) is 18.5 Å². The number of nitrogens with one attached hydrogen (secondary N) is 1. The summed E-state index contributed by atoms with van der Waals surface area (Å²) in [7, 11) is 0. The van der Waals surface area contributed by atoms with Gasteiger partial charge in [0.05, 0.1) is 42.0 Å². The van der Waals surface area contributed by atoms with Gasteiger partial charge in [0.15, 0.2) is 5.82 Å². The summed E-state index contributed by atoms with van der Waals surface area (Å²) in [5.41, 5.74) is 0.471. The van der Waals surface area contributed by atoms with Gasteiger partial charge in [-0.2, -0.15) is 15.1 Å². The van der Waals surface area contributed by atoms with Crippen LogP contribution in [0.4, 0.5) is 23.4 Å². The number of ether oxygens (including phenoxy) is 3. The summed E-state index contributed by atoms with van der Waals surface area (Å²) in [5.74, 6) is -3.57. The first-order valence-corrected chi connectivity index (χ1v) is 16.9. The number of rotatable bonds is 3. The van der Waals surface area contributed by atoms with Crippen molar-refractivity contribution in [2.75, 3.05) is 57.5 Å². The summed E-state index contributed by atoms with van der Waals surface area (Å²) in [6.07, 6.45) is 2.86. The topological polar surface area (TPSA) is 176 Å². The quantitative estimate of drug-likeness (QED) is 0.197. The van der Waals surface area contributed by atoms with Gasteiger partial charge in [-0.05, 0) is 37.4 Å². The maximum Gasteiger partial charge on any atom is 0.319 e. The van der Waals surface area contributed by atoms with Crippen LogP contribution in [0, 0.1) is 5.82 Å². The molecule has 280 valence electrons. The zero-order valence-electron chi connectivity index (χ0n) is 27.7. The number of pyridine rings is 1. The van der Waals surface area contributed by atoms with E-state index in [-0.39, 0.29) is 73.5 Å². The standard InChI is InChI=1S/C31H32ClF4N7O3.2CH2O2/c32-22-8-23-20(11-38-41-23)24-19(22)2-4-31(35,36)16-44-14-18-13-42(6-7-45-18)28-21-10-37-27(24)25(34)26(21)39-29(40-28)46-15-30-3-1-5-43(30)12-17(33)9-30;2*2-1-3/h8,10-11,17-18H,1-7,9,12-16H2,(H,38,41);2*1H,(H,2,3)/t17-,18-,30+;;/m1../s1. The van der Waals surface area contributed by atoms with E-state index in [0.717, 1.165) is 19.4 Å². The highest BCUT2D eigenvalue weighted by Gasteiger charge is 2.49. The van der Waals surface area contributed by atoms with Crippen molar-refractivity contribution >= 4 is 52.2 Å². The lowest BCUT2D eigenvalue weighted by atomic mass is 9.94. The Morgan fingerprint density at radius 2 is 1.90 bits per heavy atom. The van der Waals surface area contributed by atoms with E-state index in [1.807, 2.05) is 4.90 Å². The molecule has 14 nitrogen and oxygen atoms in total. The number of aromatic nitrogens is 5. The molecule has 1 aromatic carbocycles. The van der Waals surface area contributed by atoms with E-state index in [2.05, 4.69) is 25.1 Å². The lowest BCUT2D eigenvalue weighted by Crippen LogP contribution is -2.45. The molecule has 0 spiro atoms. The van der Waals surface area contributed by atoms with Gasteiger partial charge in [0.2, 0.25) is 0 Å². The van der Waals surface area contributed by atoms with Gasteiger partial charge in [-0.1, -0.05) is 11.6 Å². The normalized spacial score (nSPS) is 24.1. The predicted octanol–water partition coefficient (Wildman–Crippen LogP) is 4.52. The average Bonchev–Trinajstić information content (AvgIpc) is 3.81. The Kier molecular flexibility index (Phi) is 11.3. The molecule has 9 rings (SSSR count). The summed E-state index contributed by atoms with van der Waals surface area (Å²) in [6.45, 7) is 0.898. The van der Waals surface area contributed by atoms with Crippen LogP contribution >= 0.6 is 11.6 Å². The first kappa shape index (κ1) is 37.4. The molecule has 3 atom stereocenters. The molecule has 0 unspecified atom stereocenters. The summed E-state index contributed by atoms with van der Waals surface area (Å²) < 4.78 is 79.0. The fourth-order valence-corrected chi connectivity index (χ4v) is 7.80. The molecule has 0 saturated carbocycles. The zero-order valence-corrected chi connectivity index (χ0v) is 28.5. The molecular weight excluding hydrogens is 718 g/mol. The van der Waals surface area contributed by atoms with Crippen LogP contribution < -0.4 is 9.64 Å². The smallest absolute Gasteiger partial charge is 0.319 e. The van der Waals surface area contributed by atoms with E-state index in [9.17, 15) is 4.39 Å². The Bertz CT molecular complexity index is 1920. The molecule has 3 saturated heterocycles. The van der Waals surface area contributed by atoms with E-state index in [1.54, 1.807) is 6.07 Å². The number of aromatic amines is 1. The summed E-state index contributed by atoms with van der Waals surface area (Å²) in [5, 5.41) is 21.7. The van der Waals surface area contributed by atoms with Crippen molar-refractivity contribution in [1.29, 1.82) is 0 Å². The number of morpholine rings is 1. The van der Waals surface area contributed by atoms with E-state index >= 15 is 13.2 Å². The van der Waals surface area contributed by atoms with E-state index in [0.29, 0.717) is 47.2 Å². The van der Waals surface area contributed by atoms with Crippen LogP contribution in [0.5, 0.6) is 6.01 Å². The average molecular weight is 754 g/mol. The SMILES string of the molecule is Fc1c2ncc3c(nc(OC[C@@]45CCCN4C[C@H](F)C5)nc13)N1CCO[C@@H](COCC(F)(F)CCc3c(Cl)cc4[nH]ncc4c3-2)C1.O=CO.O=CO. The Morgan fingerprint density at radius 1 is 1.12 bits per heavy atom. The molecule has 3 fully saturated rings. The predicted molar refractivity (Wildman–Crippen MR) is 179 cm³/mol. The zero-order chi connectivity index (χ0) is 37.0. The number of carboxylic acid groups (broad SMARTS) is 2. The van der Waals surface area contributed by atoms with Gasteiger partial charge in [-0.15, -0.1) is 0 Å². The highest BCUT2D eigenvalue weighted by molar-refractivity contribution is 6.33. The largest absolute Gasteiger partial charge is 0.483 e. The summed E-state index contributed by atoms with van der Waals surface area (Å²) >= 11 is 6.65. The van der Waals surface area contributed by atoms with Gasteiger partial charge in [0, 0.05) is 54.6 Å². The second-order valence-electron chi connectivity index (χ2n) is 12.9. The minimum absolute atomic E-state index is 0.0399. The van der Waals surface area contributed by atoms with Crippen molar-refractivity contribution in [2.24, 2.45) is 0 Å². The summed E-state index contributed by atoms with van der Waals surface area (Å²) in [6, 6.07) is 1.55. The number of alkyl halides is 3. The van der Waals surface area contributed by atoms with Gasteiger partial charge in [0.1, 0.15) is 36.4 Å². The van der Waals surface area contributed by atoms with Crippen molar-refractivity contribution in [3.8, 4) is 17.3 Å². The van der Waals surface area contributed by atoms with Gasteiger partial charge in [0.25, 0.3) is 18.9 Å². The Hall–Kier alpha value is -4.39. The Balaban J connectivity index is 0.000000726. The molecular formula is C33H36ClF4N7O7. The molecule has 8 heterocycles. The third-order valence-corrected chi connectivity index (χ3v) is 10.0. The molecule has 0 aliphatic carbocycles. The van der Waals surface area contributed by atoms with Crippen LogP contribution in [0.3, 0.4) is 0 Å². The van der Waals surface area contributed by atoms with Crippen molar-refractivity contribution in [1.82, 2.24) is 30.0 Å². The molecule has 4 aromatic rings. The maximum absolute atomic E-state index is 16.9. The molecule has 3 N–H and O–H groups in total. The number of hydrogen-bond acceptors (Lipinski definition) is 11. The van der Waals surface area contributed by atoms with E-state index in [1.165, 1.54) is 12.4 Å². The second kappa shape index (κ2) is 15.7. The van der Waals surface area contributed by atoms with Gasteiger partial charge < -0.3 is 29.3 Å². The number of hydrogen-bond donors (Lipinski definition) is 3. The van der Waals surface area contributed by atoms with Crippen LogP contribution in [0.25, 0.3) is 33.1 Å². The molecule has 5 aliphatic heterocycles. The molecule has 52 heavy (non-hydrogen) atoms. The minimum Gasteiger partial charge on any atom is -0.483 e. The monoisotopic (exact) mass is 753 g/mol. The number of fused-ring (bicyclic) bond motifs is 8. The molecule has 6 bridgehead atoms. The van der Waals surface area contributed by atoms with Crippen LogP contribution in [0.2, 0.25) is 5.02 Å². The first-order chi connectivity index (χ1) is 25.0. The van der Waals surface area contributed by atoms with Crippen molar-refractivity contribution in [3.05, 3.63) is 34.9 Å². The highest BCUT2D eigenvalue weighted by Crippen LogP contribution is 2.42. The first-order valence-electron chi connectivity index (χ1n) is 16.5. The van der Waals surface area contributed by atoms with E-state index in [4.69, 9.17) is 50.6 Å². The van der Waals surface area contributed by atoms with Gasteiger partial charge >= 0.3 is 6.01 Å². The Labute approximate surface area is 299 Å². The van der Waals surface area contributed by atoms with E-state index < -0.39 is 42.6 Å². The highest BCUT2D eigenvalue weighted by atomic mass is 35.5. The van der Waals surface area contributed by atoms with Gasteiger partial charge in [-0.3, -0.25) is 24.6 Å². The lowest BCUT2D eigenvalue weighted by Gasteiger charge is -2.34. The summed E-state index contributed by atoms with van der Waals surface area (Å²) in [4.78, 5) is 34.5. The number of halogens is 5. The Morgan fingerprint density at radius 3 is 2.69 bits per heavy atom. The fraction of sp³-hybridized carbons (Fsp3) is 0.515. The van der Waals surface area contributed by atoms with Crippen molar-refractivity contribution in [2.45, 2.75) is 55.8 Å².